The standard InChI is InChI=1S/C14H20BrFN2/c1-14(2)5-3-4-9(8-14)18-13-6-10(15)11(16)7-12(13)17/h6-7,9,18H,3-5,8,17H2,1-2H3. The van der Waals surface area contributed by atoms with Gasteiger partial charge in [-0.15, -0.1) is 0 Å². The molecule has 1 aliphatic rings. The van der Waals surface area contributed by atoms with Crippen LogP contribution in [0.3, 0.4) is 0 Å². The molecule has 1 atom stereocenters. The maximum atomic E-state index is 13.3. The zero-order valence-corrected chi connectivity index (χ0v) is 12.5. The number of nitrogens with one attached hydrogen (secondary N) is 1. The minimum atomic E-state index is -0.318. The predicted octanol–water partition coefficient (Wildman–Crippen LogP) is 4.55. The summed E-state index contributed by atoms with van der Waals surface area (Å²) in [6.07, 6.45) is 4.78. The highest BCUT2D eigenvalue weighted by atomic mass is 79.9. The van der Waals surface area contributed by atoms with Crippen molar-refractivity contribution in [1.82, 2.24) is 0 Å². The number of nitrogen functional groups attached to an aromatic ring is 1. The molecule has 3 N–H and O–H groups in total. The highest BCUT2D eigenvalue weighted by Crippen LogP contribution is 2.37. The van der Waals surface area contributed by atoms with Crippen LogP contribution in [0.15, 0.2) is 16.6 Å². The molecule has 1 unspecified atom stereocenters. The van der Waals surface area contributed by atoms with Crippen LogP contribution in [0.4, 0.5) is 15.8 Å². The van der Waals surface area contributed by atoms with E-state index < -0.39 is 0 Å². The first-order chi connectivity index (χ1) is 8.37. The molecule has 2 nitrogen and oxygen atoms in total. The van der Waals surface area contributed by atoms with Crippen molar-refractivity contribution in [1.29, 1.82) is 0 Å². The van der Waals surface area contributed by atoms with Crippen molar-refractivity contribution < 1.29 is 4.39 Å². The molecule has 2 rings (SSSR count). The molecule has 0 saturated heterocycles. The summed E-state index contributed by atoms with van der Waals surface area (Å²) in [5.74, 6) is -0.318. The lowest BCUT2D eigenvalue weighted by Crippen LogP contribution is -2.32. The first-order valence-corrected chi connectivity index (χ1v) is 7.18. The van der Waals surface area contributed by atoms with Gasteiger partial charge >= 0.3 is 0 Å². The molecule has 1 aromatic carbocycles. The zero-order chi connectivity index (χ0) is 13.3. The number of benzene rings is 1. The third-order valence-electron chi connectivity index (χ3n) is 3.66. The summed E-state index contributed by atoms with van der Waals surface area (Å²) in [4.78, 5) is 0. The van der Waals surface area contributed by atoms with E-state index in [0.29, 0.717) is 21.6 Å². The molecule has 1 aliphatic carbocycles. The van der Waals surface area contributed by atoms with Crippen molar-refractivity contribution in [3.05, 3.63) is 22.4 Å². The fourth-order valence-electron chi connectivity index (χ4n) is 2.73. The number of hydrogen-bond acceptors (Lipinski definition) is 2. The Morgan fingerprint density at radius 1 is 1.44 bits per heavy atom. The second kappa shape index (κ2) is 5.08. The van der Waals surface area contributed by atoms with Gasteiger partial charge in [0.1, 0.15) is 5.82 Å². The number of nitrogens with two attached hydrogens (primary N) is 1. The minimum absolute atomic E-state index is 0.318. The van der Waals surface area contributed by atoms with E-state index in [1.807, 2.05) is 0 Å². The second-order valence-electron chi connectivity index (χ2n) is 5.96. The summed E-state index contributed by atoms with van der Waals surface area (Å²) in [7, 11) is 0. The van der Waals surface area contributed by atoms with E-state index >= 15 is 0 Å². The Hall–Kier alpha value is -0.770. The average Bonchev–Trinajstić information content (AvgIpc) is 2.24. The van der Waals surface area contributed by atoms with Crippen LogP contribution in [-0.2, 0) is 0 Å². The van der Waals surface area contributed by atoms with Crippen LogP contribution in [-0.4, -0.2) is 6.04 Å². The maximum Gasteiger partial charge on any atom is 0.139 e. The smallest absolute Gasteiger partial charge is 0.139 e. The molecular weight excluding hydrogens is 295 g/mol. The van der Waals surface area contributed by atoms with Crippen molar-refractivity contribution in [2.75, 3.05) is 11.1 Å². The lowest BCUT2D eigenvalue weighted by molar-refractivity contribution is 0.229. The highest BCUT2D eigenvalue weighted by molar-refractivity contribution is 9.10. The van der Waals surface area contributed by atoms with E-state index in [2.05, 4.69) is 35.1 Å². The Morgan fingerprint density at radius 3 is 2.83 bits per heavy atom. The van der Waals surface area contributed by atoms with Crippen LogP contribution in [0.2, 0.25) is 0 Å². The fraction of sp³-hybridized carbons (Fsp3) is 0.571. The first-order valence-electron chi connectivity index (χ1n) is 6.38. The molecule has 4 heteroatoms. The minimum Gasteiger partial charge on any atom is -0.397 e. The van der Waals surface area contributed by atoms with Crippen molar-refractivity contribution in [2.24, 2.45) is 5.41 Å². The molecule has 100 valence electrons. The average molecular weight is 315 g/mol. The highest BCUT2D eigenvalue weighted by Gasteiger charge is 2.28. The summed E-state index contributed by atoms with van der Waals surface area (Å²) in [5, 5.41) is 3.45. The Kier molecular flexibility index (Phi) is 3.85. The first kappa shape index (κ1) is 13.7. The molecule has 1 aromatic rings. The van der Waals surface area contributed by atoms with E-state index in [4.69, 9.17) is 5.73 Å². The molecule has 0 aliphatic heterocycles. The monoisotopic (exact) mass is 314 g/mol. The third kappa shape index (κ3) is 3.16. The summed E-state index contributed by atoms with van der Waals surface area (Å²) < 4.78 is 13.8. The maximum absolute atomic E-state index is 13.3. The number of rotatable bonds is 2. The molecular formula is C14H20BrFN2. The quantitative estimate of drug-likeness (QED) is 0.786. The summed E-state index contributed by atoms with van der Waals surface area (Å²) in [6, 6.07) is 3.51. The molecule has 0 bridgehead atoms. The van der Waals surface area contributed by atoms with E-state index in [1.54, 1.807) is 6.07 Å². The van der Waals surface area contributed by atoms with Gasteiger partial charge in [0.2, 0.25) is 0 Å². The van der Waals surface area contributed by atoms with Gasteiger partial charge in [0, 0.05) is 12.1 Å². The van der Waals surface area contributed by atoms with Crippen molar-refractivity contribution in [3.63, 3.8) is 0 Å². The van der Waals surface area contributed by atoms with Crippen molar-refractivity contribution in [3.8, 4) is 0 Å². The van der Waals surface area contributed by atoms with E-state index in [0.717, 1.165) is 18.5 Å². The molecule has 0 aromatic heterocycles. The van der Waals surface area contributed by atoms with E-state index in [-0.39, 0.29) is 5.82 Å². The summed E-state index contributed by atoms with van der Waals surface area (Å²) in [6.45, 7) is 4.59. The molecule has 1 fully saturated rings. The Labute approximate surface area is 116 Å². The predicted molar refractivity (Wildman–Crippen MR) is 78.2 cm³/mol. The molecule has 0 radical (unpaired) electrons. The van der Waals surface area contributed by atoms with Gasteiger partial charge < -0.3 is 11.1 Å². The second-order valence-corrected chi connectivity index (χ2v) is 6.81. The van der Waals surface area contributed by atoms with Crippen molar-refractivity contribution >= 4 is 27.3 Å². The lowest BCUT2D eigenvalue weighted by atomic mass is 9.75. The Bertz CT molecular complexity index is 446. The van der Waals surface area contributed by atoms with Gasteiger partial charge in [-0.05, 0) is 46.7 Å². The van der Waals surface area contributed by atoms with E-state index in [1.165, 1.54) is 18.9 Å². The van der Waals surface area contributed by atoms with Gasteiger partial charge in [-0.3, -0.25) is 0 Å². The van der Waals surface area contributed by atoms with Gasteiger partial charge in [0.05, 0.1) is 15.8 Å². The van der Waals surface area contributed by atoms with Gasteiger partial charge in [-0.2, -0.15) is 0 Å². The fourth-order valence-corrected chi connectivity index (χ4v) is 3.07. The van der Waals surface area contributed by atoms with Gasteiger partial charge in [-0.1, -0.05) is 20.3 Å². The van der Waals surface area contributed by atoms with Crippen LogP contribution >= 0.6 is 15.9 Å². The van der Waals surface area contributed by atoms with Gasteiger partial charge in [-0.25, -0.2) is 4.39 Å². The molecule has 0 amide bonds. The number of anilines is 2. The van der Waals surface area contributed by atoms with E-state index in [9.17, 15) is 4.39 Å². The van der Waals surface area contributed by atoms with Crippen LogP contribution in [0.1, 0.15) is 39.5 Å². The molecule has 0 spiro atoms. The largest absolute Gasteiger partial charge is 0.397 e. The summed E-state index contributed by atoms with van der Waals surface area (Å²) in [5.41, 5.74) is 7.52. The molecule has 0 heterocycles. The SMILES string of the molecule is CC1(C)CCCC(Nc2cc(Br)c(F)cc2N)C1. The Balaban J connectivity index is 2.12. The summed E-state index contributed by atoms with van der Waals surface area (Å²) >= 11 is 3.20. The molecule has 18 heavy (non-hydrogen) atoms. The third-order valence-corrected chi connectivity index (χ3v) is 4.26. The zero-order valence-electron chi connectivity index (χ0n) is 10.9. The van der Waals surface area contributed by atoms with Crippen molar-refractivity contribution in [2.45, 2.75) is 45.6 Å². The van der Waals surface area contributed by atoms with Crippen LogP contribution in [0.25, 0.3) is 0 Å². The normalized spacial score (nSPS) is 22.8. The lowest BCUT2D eigenvalue weighted by Gasteiger charge is -2.36. The Morgan fingerprint density at radius 2 is 2.17 bits per heavy atom. The van der Waals surface area contributed by atoms with Crippen LogP contribution < -0.4 is 11.1 Å². The topological polar surface area (TPSA) is 38.0 Å². The number of hydrogen-bond donors (Lipinski definition) is 2. The van der Waals surface area contributed by atoms with Gasteiger partial charge in [0.25, 0.3) is 0 Å². The van der Waals surface area contributed by atoms with Gasteiger partial charge in [0.15, 0.2) is 0 Å². The van der Waals surface area contributed by atoms with Crippen LogP contribution in [0.5, 0.6) is 0 Å². The van der Waals surface area contributed by atoms with Crippen LogP contribution in [0, 0.1) is 11.2 Å². The number of halogens is 2. The molecule has 1 saturated carbocycles.